The Morgan fingerprint density at radius 3 is 1.84 bits per heavy atom. The fraction of sp³-hybridized carbons (Fsp3) is 0.212. The van der Waals surface area contributed by atoms with Gasteiger partial charge < -0.3 is 14.2 Å². The molecule has 11 heteroatoms. The number of esters is 1. The van der Waals surface area contributed by atoms with Crippen molar-refractivity contribution >= 4 is 23.3 Å². The summed E-state index contributed by atoms with van der Waals surface area (Å²) in [6.07, 6.45) is 1.63. The molecule has 8 aromatic rings. The van der Waals surface area contributed by atoms with Gasteiger partial charge in [0.1, 0.15) is 11.4 Å². The maximum Gasteiger partial charge on any atom is 0.356 e. The van der Waals surface area contributed by atoms with Crippen LogP contribution in [0.25, 0.3) is 22.5 Å². The number of tetrazole rings is 1. The topological polar surface area (TPSA) is 94.2 Å². The van der Waals surface area contributed by atoms with Crippen LogP contribution < -0.4 is 4.90 Å². The molecule has 0 spiro atoms. The third kappa shape index (κ3) is 8.15. The summed E-state index contributed by atoms with van der Waals surface area (Å²) in [4.78, 5) is 23.4. The van der Waals surface area contributed by atoms with Crippen LogP contribution in [0, 0.1) is 0 Å². The van der Waals surface area contributed by atoms with Crippen molar-refractivity contribution in [1.29, 1.82) is 0 Å². The Kier molecular flexibility index (Phi) is 12.3. The summed E-state index contributed by atoms with van der Waals surface area (Å²) in [5.74, 6) is 1.13. The molecule has 0 unspecified atom stereocenters. The average Bonchev–Trinajstić information content (AvgIpc) is 3.96. The van der Waals surface area contributed by atoms with Gasteiger partial charge in [0.15, 0.2) is 11.5 Å². The molecule has 1 aliphatic rings. The van der Waals surface area contributed by atoms with E-state index < -0.39 is 5.54 Å². The number of ether oxygens (including phenoxy) is 1. The first-order chi connectivity index (χ1) is 31.0. The van der Waals surface area contributed by atoms with Crippen molar-refractivity contribution in [2.45, 2.75) is 38.4 Å². The van der Waals surface area contributed by atoms with E-state index in [0.29, 0.717) is 24.6 Å². The molecule has 9 rings (SSSR count). The third-order valence-corrected chi connectivity index (χ3v) is 12.4. The summed E-state index contributed by atoms with van der Waals surface area (Å²) in [6, 6.07) is 56.1. The molecule has 10 nitrogen and oxygen atoms in total. The number of nitrogens with zero attached hydrogens (tertiary/aromatic N) is 8. The first kappa shape index (κ1) is 41.5. The van der Waals surface area contributed by atoms with Crippen molar-refractivity contribution in [3.05, 3.63) is 208 Å². The fourth-order valence-corrected chi connectivity index (χ4v) is 9.28. The number of hydrogen-bond donors (Lipinski definition) is 0. The zero-order valence-electron chi connectivity index (χ0n) is 35.5. The van der Waals surface area contributed by atoms with Gasteiger partial charge in [-0.15, -0.1) is 5.10 Å². The van der Waals surface area contributed by atoms with E-state index in [1.165, 1.54) is 7.11 Å². The summed E-state index contributed by atoms with van der Waals surface area (Å²) in [6.45, 7) is 6.47. The number of aromatic nitrogens is 6. The first-order valence-corrected chi connectivity index (χ1v) is 21.9. The second kappa shape index (κ2) is 18.6. The molecule has 0 N–H and O–H groups in total. The van der Waals surface area contributed by atoms with E-state index in [2.05, 4.69) is 142 Å². The van der Waals surface area contributed by atoms with E-state index in [4.69, 9.17) is 31.6 Å². The predicted molar refractivity (Wildman–Crippen MR) is 249 cm³/mol. The van der Waals surface area contributed by atoms with Crippen LogP contribution in [0.5, 0.6) is 0 Å². The zero-order chi connectivity index (χ0) is 43.2. The number of methoxy groups -OCH3 is 1. The normalized spacial score (nSPS) is 13.3. The quantitative estimate of drug-likeness (QED) is 0.0789. The highest BCUT2D eigenvalue weighted by atomic mass is 35.5. The van der Waals surface area contributed by atoms with Crippen molar-refractivity contribution in [1.82, 2.24) is 34.7 Å². The summed E-state index contributed by atoms with van der Waals surface area (Å²) in [7, 11) is 1.44. The molecule has 1 saturated heterocycles. The Labute approximate surface area is 373 Å². The lowest BCUT2D eigenvalue weighted by Crippen LogP contribution is -2.46. The molecule has 0 bridgehead atoms. The number of benzene rings is 6. The van der Waals surface area contributed by atoms with Crippen LogP contribution in [0.1, 0.15) is 57.6 Å². The van der Waals surface area contributed by atoms with Gasteiger partial charge in [0.2, 0.25) is 0 Å². The molecule has 0 atom stereocenters. The second-order valence-corrected chi connectivity index (χ2v) is 16.2. The van der Waals surface area contributed by atoms with Gasteiger partial charge in [-0.2, -0.15) is 0 Å². The summed E-state index contributed by atoms with van der Waals surface area (Å²) in [5.41, 5.74) is 8.45. The highest BCUT2D eigenvalue weighted by Gasteiger charge is 2.42. The minimum absolute atomic E-state index is 0.379. The van der Waals surface area contributed by atoms with Crippen LogP contribution in [0.4, 0.5) is 5.69 Å². The van der Waals surface area contributed by atoms with Crippen molar-refractivity contribution in [3.63, 3.8) is 0 Å². The van der Waals surface area contributed by atoms with Gasteiger partial charge in [0.25, 0.3) is 0 Å². The standard InChI is InChI=1S/C52H49ClN8O2/c1-3-17-48-54-46(37-58-32-34-59(35-33-58)47-27-16-15-26-45(47)53)49(51(62)63-2)60(48)36-38-28-30-39(31-29-38)43-24-13-14-25-44(43)50-55-56-57-61(50)52(40-18-7-4-8-19-40,41-20-9-5-10-21-41)42-22-11-6-12-23-42/h4-16,18-31H,3,17,32-37H2,1-2H3. The highest BCUT2D eigenvalue weighted by molar-refractivity contribution is 6.33. The van der Waals surface area contributed by atoms with Gasteiger partial charge in [0, 0.05) is 51.3 Å². The summed E-state index contributed by atoms with van der Waals surface area (Å²) >= 11 is 6.53. The molecule has 1 fully saturated rings. The van der Waals surface area contributed by atoms with Gasteiger partial charge in [-0.3, -0.25) is 4.90 Å². The summed E-state index contributed by atoms with van der Waals surface area (Å²) < 4.78 is 9.43. The van der Waals surface area contributed by atoms with Crippen LogP contribution in [0.2, 0.25) is 5.02 Å². The van der Waals surface area contributed by atoms with E-state index in [9.17, 15) is 4.79 Å². The number of carbonyl (C=O) groups is 1. The van der Waals surface area contributed by atoms with E-state index in [-0.39, 0.29) is 5.97 Å². The Bertz CT molecular complexity index is 2690. The highest BCUT2D eigenvalue weighted by Crippen LogP contribution is 2.43. The van der Waals surface area contributed by atoms with Crippen molar-refractivity contribution < 1.29 is 9.53 Å². The van der Waals surface area contributed by atoms with Gasteiger partial charge >= 0.3 is 5.97 Å². The second-order valence-electron chi connectivity index (χ2n) is 15.8. The molecule has 0 radical (unpaired) electrons. The van der Waals surface area contributed by atoms with Gasteiger partial charge in [0.05, 0.1) is 23.5 Å². The largest absolute Gasteiger partial charge is 0.464 e. The number of hydrogen-bond acceptors (Lipinski definition) is 8. The number of para-hydroxylation sites is 1. The average molecular weight is 853 g/mol. The molecule has 0 saturated carbocycles. The lowest BCUT2D eigenvalue weighted by Gasteiger charge is -2.36. The monoisotopic (exact) mass is 852 g/mol. The van der Waals surface area contributed by atoms with Gasteiger partial charge in [-0.1, -0.05) is 170 Å². The van der Waals surface area contributed by atoms with E-state index in [1.807, 2.05) is 53.2 Å². The first-order valence-electron chi connectivity index (χ1n) is 21.5. The predicted octanol–water partition coefficient (Wildman–Crippen LogP) is 9.81. The van der Waals surface area contributed by atoms with Crippen LogP contribution in [-0.4, -0.2) is 73.9 Å². The number of imidazole rings is 1. The molecule has 6 aromatic carbocycles. The lowest BCUT2D eigenvalue weighted by molar-refractivity contribution is 0.0585. The van der Waals surface area contributed by atoms with Gasteiger partial charge in [-0.05, 0) is 62.4 Å². The van der Waals surface area contributed by atoms with Crippen LogP contribution in [0.15, 0.2) is 164 Å². The third-order valence-electron chi connectivity index (χ3n) is 12.0. The van der Waals surface area contributed by atoms with E-state index >= 15 is 0 Å². The molecule has 0 amide bonds. The number of rotatable bonds is 14. The molecule has 63 heavy (non-hydrogen) atoms. The Hall–Kier alpha value is -6.88. The Morgan fingerprint density at radius 1 is 0.683 bits per heavy atom. The van der Waals surface area contributed by atoms with E-state index in [0.717, 1.165) is 100 Å². The Balaban J connectivity index is 1.04. The number of anilines is 1. The number of carbonyl (C=O) groups excluding carboxylic acids is 1. The van der Waals surface area contributed by atoms with E-state index in [1.54, 1.807) is 0 Å². The summed E-state index contributed by atoms with van der Waals surface area (Å²) in [5, 5.41) is 14.7. The maximum atomic E-state index is 13.6. The minimum atomic E-state index is -0.887. The van der Waals surface area contributed by atoms with Crippen molar-refractivity contribution in [2.75, 3.05) is 38.2 Å². The lowest BCUT2D eigenvalue weighted by atomic mass is 9.77. The van der Waals surface area contributed by atoms with Crippen LogP contribution in [0.3, 0.4) is 0 Å². The molecule has 1 aliphatic heterocycles. The molecule has 2 aromatic heterocycles. The maximum absolute atomic E-state index is 13.6. The van der Waals surface area contributed by atoms with Crippen molar-refractivity contribution in [2.24, 2.45) is 0 Å². The number of halogens is 1. The fourth-order valence-electron chi connectivity index (χ4n) is 9.03. The minimum Gasteiger partial charge on any atom is -0.464 e. The smallest absolute Gasteiger partial charge is 0.356 e. The Morgan fingerprint density at radius 2 is 1.25 bits per heavy atom. The molecule has 316 valence electrons. The molecular formula is C52H49ClN8O2. The zero-order valence-corrected chi connectivity index (χ0v) is 36.3. The number of piperazine rings is 1. The van der Waals surface area contributed by atoms with Crippen LogP contribution >= 0.6 is 11.6 Å². The molecule has 0 aliphatic carbocycles. The number of aryl methyl sites for hydroxylation is 1. The van der Waals surface area contributed by atoms with Gasteiger partial charge in [-0.25, -0.2) is 14.5 Å². The van der Waals surface area contributed by atoms with Crippen LogP contribution in [-0.2, 0) is 29.8 Å². The SMILES string of the molecule is CCCc1nc(CN2CCN(c3ccccc3Cl)CC2)c(C(=O)OC)n1Cc1ccc(-c2ccccc2-c2nnnn2C(c2ccccc2)(c2ccccc2)c2ccccc2)cc1. The molecular weight excluding hydrogens is 804 g/mol. The molecule has 3 heterocycles. The van der Waals surface area contributed by atoms with Crippen molar-refractivity contribution in [3.8, 4) is 22.5 Å².